The SMILES string of the molecule is O=C(CNCC1CC1)NC1CCN(C2CC2)C1. The predicted molar refractivity (Wildman–Crippen MR) is 66.7 cm³/mol. The van der Waals surface area contributed by atoms with Crippen LogP contribution in [0, 0.1) is 5.92 Å². The molecule has 0 spiro atoms. The van der Waals surface area contributed by atoms with Gasteiger partial charge < -0.3 is 10.6 Å². The Hall–Kier alpha value is -0.610. The Morgan fingerprint density at radius 3 is 2.71 bits per heavy atom. The minimum atomic E-state index is 0.174. The first-order valence-corrected chi connectivity index (χ1v) is 7.05. The van der Waals surface area contributed by atoms with E-state index < -0.39 is 0 Å². The molecule has 3 rings (SSSR count). The summed E-state index contributed by atoms with van der Waals surface area (Å²) in [4.78, 5) is 14.2. The molecule has 3 aliphatic rings. The van der Waals surface area contributed by atoms with E-state index in [4.69, 9.17) is 0 Å². The second-order valence-electron chi connectivity index (χ2n) is 5.85. The minimum Gasteiger partial charge on any atom is -0.351 e. The number of nitrogens with one attached hydrogen (secondary N) is 2. The largest absolute Gasteiger partial charge is 0.351 e. The lowest BCUT2D eigenvalue weighted by Gasteiger charge is -2.15. The van der Waals surface area contributed by atoms with Crippen molar-refractivity contribution in [3.63, 3.8) is 0 Å². The second-order valence-corrected chi connectivity index (χ2v) is 5.85. The molecule has 1 amide bonds. The van der Waals surface area contributed by atoms with Crippen molar-refractivity contribution >= 4 is 5.91 Å². The lowest BCUT2D eigenvalue weighted by atomic mass is 10.2. The Morgan fingerprint density at radius 2 is 2.00 bits per heavy atom. The molecule has 2 saturated carbocycles. The van der Waals surface area contributed by atoms with Gasteiger partial charge >= 0.3 is 0 Å². The number of rotatable bonds is 6. The summed E-state index contributed by atoms with van der Waals surface area (Å²) in [6.07, 6.45) is 6.54. The van der Waals surface area contributed by atoms with Crippen molar-refractivity contribution in [3.8, 4) is 0 Å². The van der Waals surface area contributed by atoms with Crippen LogP contribution >= 0.6 is 0 Å². The van der Waals surface area contributed by atoms with Crippen molar-refractivity contribution in [2.45, 2.75) is 44.2 Å². The quantitative estimate of drug-likeness (QED) is 0.700. The Morgan fingerprint density at radius 1 is 1.18 bits per heavy atom. The molecule has 1 heterocycles. The Kier molecular flexibility index (Phi) is 3.34. The van der Waals surface area contributed by atoms with Crippen molar-refractivity contribution in [1.29, 1.82) is 0 Å². The lowest BCUT2D eigenvalue weighted by molar-refractivity contribution is -0.120. The molecule has 3 fully saturated rings. The van der Waals surface area contributed by atoms with Gasteiger partial charge in [-0.25, -0.2) is 0 Å². The highest BCUT2D eigenvalue weighted by Crippen LogP contribution is 2.29. The molecule has 0 aromatic heterocycles. The molecule has 0 aromatic carbocycles. The van der Waals surface area contributed by atoms with Gasteiger partial charge in [-0.2, -0.15) is 0 Å². The van der Waals surface area contributed by atoms with E-state index in [1.807, 2.05) is 0 Å². The van der Waals surface area contributed by atoms with Gasteiger partial charge in [-0.05, 0) is 44.6 Å². The fourth-order valence-electron chi connectivity index (χ4n) is 2.67. The minimum absolute atomic E-state index is 0.174. The van der Waals surface area contributed by atoms with Gasteiger partial charge in [0.25, 0.3) is 0 Å². The molecule has 1 atom stereocenters. The Labute approximate surface area is 103 Å². The summed E-state index contributed by atoms with van der Waals surface area (Å²) in [5.41, 5.74) is 0. The average Bonchev–Trinajstić information content (AvgIpc) is 3.20. The van der Waals surface area contributed by atoms with E-state index >= 15 is 0 Å². The lowest BCUT2D eigenvalue weighted by Crippen LogP contribution is -2.42. The summed E-state index contributed by atoms with van der Waals surface area (Å²) < 4.78 is 0. The standard InChI is InChI=1S/C13H23N3O/c17-13(8-14-7-10-1-2-10)15-11-5-6-16(9-11)12-3-4-12/h10-12,14H,1-9H2,(H,15,17). The van der Waals surface area contributed by atoms with Gasteiger partial charge in [-0.1, -0.05) is 0 Å². The van der Waals surface area contributed by atoms with Crippen molar-refractivity contribution in [3.05, 3.63) is 0 Å². The molecule has 1 saturated heterocycles. The highest BCUT2D eigenvalue weighted by Gasteiger charge is 2.34. The van der Waals surface area contributed by atoms with E-state index in [2.05, 4.69) is 15.5 Å². The van der Waals surface area contributed by atoms with Crippen LogP contribution in [0.5, 0.6) is 0 Å². The summed E-state index contributed by atoms with van der Waals surface area (Å²) in [5, 5.41) is 6.38. The fourth-order valence-corrected chi connectivity index (χ4v) is 2.67. The van der Waals surface area contributed by atoms with Crippen LogP contribution in [0.15, 0.2) is 0 Å². The van der Waals surface area contributed by atoms with Crippen LogP contribution in [0.25, 0.3) is 0 Å². The first-order valence-electron chi connectivity index (χ1n) is 7.05. The third-order valence-electron chi connectivity index (χ3n) is 4.06. The predicted octanol–water partition coefficient (Wildman–Crippen LogP) is 0.339. The third-order valence-corrected chi connectivity index (χ3v) is 4.06. The van der Waals surface area contributed by atoms with Crippen molar-refractivity contribution in [2.75, 3.05) is 26.2 Å². The van der Waals surface area contributed by atoms with Crippen LogP contribution in [-0.4, -0.2) is 49.1 Å². The number of carbonyl (C=O) groups is 1. The molecule has 4 heteroatoms. The molecule has 2 N–H and O–H groups in total. The monoisotopic (exact) mass is 237 g/mol. The number of nitrogens with zero attached hydrogens (tertiary/aromatic N) is 1. The second kappa shape index (κ2) is 4.94. The molecule has 0 bridgehead atoms. The van der Waals surface area contributed by atoms with Gasteiger partial charge in [-0.3, -0.25) is 9.69 Å². The zero-order valence-corrected chi connectivity index (χ0v) is 10.5. The third kappa shape index (κ3) is 3.42. The number of carbonyl (C=O) groups excluding carboxylic acids is 1. The summed E-state index contributed by atoms with van der Waals surface area (Å²) >= 11 is 0. The van der Waals surface area contributed by atoms with E-state index in [0.29, 0.717) is 12.6 Å². The molecule has 1 unspecified atom stereocenters. The average molecular weight is 237 g/mol. The van der Waals surface area contributed by atoms with E-state index in [1.165, 1.54) is 32.2 Å². The van der Waals surface area contributed by atoms with Crippen LogP contribution < -0.4 is 10.6 Å². The van der Waals surface area contributed by atoms with Crippen molar-refractivity contribution < 1.29 is 4.79 Å². The van der Waals surface area contributed by atoms with E-state index in [1.54, 1.807) is 0 Å². The smallest absolute Gasteiger partial charge is 0.234 e. The number of hydrogen-bond acceptors (Lipinski definition) is 3. The van der Waals surface area contributed by atoms with Gasteiger partial charge in [0.05, 0.1) is 6.54 Å². The normalized spacial score (nSPS) is 29.5. The number of hydrogen-bond donors (Lipinski definition) is 2. The molecule has 0 radical (unpaired) electrons. The Balaban J connectivity index is 1.30. The maximum absolute atomic E-state index is 11.7. The van der Waals surface area contributed by atoms with E-state index in [0.717, 1.165) is 31.5 Å². The highest BCUT2D eigenvalue weighted by atomic mass is 16.2. The van der Waals surface area contributed by atoms with Gasteiger partial charge in [-0.15, -0.1) is 0 Å². The van der Waals surface area contributed by atoms with Crippen molar-refractivity contribution in [2.24, 2.45) is 5.92 Å². The maximum Gasteiger partial charge on any atom is 0.234 e. The van der Waals surface area contributed by atoms with Crippen molar-refractivity contribution in [1.82, 2.24) is 15.5 Å². The first-order chi connectivity index (χ1) is 8.31. The molecule has 96 valence electrons. The fraction of sp³-hybridized carbons (Fsp3) is 0.923. The zero-order valence-electron chi connectivity index (χ0n) is 10.5. The van der Waals surface area contributed by atoms with E-state index in [9.17, 15) is 4.79 Å². The molecular formula is C13H23N3O. The maximum atomic E-state index is 11.7. The molecular weight excluding hydrogens is 214 g/mol. The summed E-state index contributed by atoms with van der Waals surface area (Å²) in [5.74, 6) is 1.02. The van der Waals surface area contributed by atoms with Gasteiger partial charge in [0.15, 0.2) is 0 Å². The molecule has 0 aromatic rings. The summed E-state index contributed by atoms with van der Waals surface area (Å²) in [7, 11) is 0. The Bertz CT molecular complexity index is 286. The van der Waals surface area contributed by atoms with E-state index in [-0.39, 0.29) is 5.91 Å². The molecule has 1 aliphatic heterocycles. The first kappa shape index (κ1) is 11.5. The molecule has 17 heavy (non-hydrogen) atoms. The van der Waals surface area contributed by atoms with Crippen LogP contribution in [0.1, 0.15) is 32.1 Å². The molecule has 4 nitrogen and oxygen atoms in total. The van der Waals surface area contributed by atoms with Crippen LogP contribution in [0.3, 0.4) is 0 Å². The van der Waals surface area contributed by atoms with Gasteiger partial charge in [0.2, 0.25) is 5.91 Å². The van der Waals surface area contributed by atoms with Gasteiger partial charge in [0.1, 0.15) is 0 Å². The summed E-state index contributed by atoms with van der Waals surface area (Å²) in [6.45, 7) is 3.76. The van der Waals surface area contributed by atoms with Gasteiger partial charge in [0, 0.05) is 25.2 Å². The number of amides is 1. The number of likely N-dealkylation sites (tertiary alicyclic amines) is 1. The van der Waals surface area contributed by atoms with Crippen LogP contribution in [0.2, 0.25) is 0 Å². The van der Waals surface area contributed by atoms with Crippen LogP contribution in [0.4, 0.5) is 0 Å². The van der Waals surface area contributed by atoms with Crippen LogP contribution in [-0.2, 0) is 4.79 Å². The topological polar surface area (TPSA) is 44.4 Å². The molecule has 2 aliphatic carbocycles. The zero-order chi connectivity index (χ0) is 11.7. The highest BCUT2D eigenvalue weighted by molar-refractivity contribution is 5.78. The summed E-state index contributed by atoms with van der Waals surface area (Å²) in [6, 6.07) is 1.23.